The summed E-state index contributed by atoms with van der Waals surface area (Å²) in [6.07, 6.45) is 4.34. The monoisotopic (exact) mass is 318 g/mol. The van der Waals surface area contributed by atoms with Crippen LogP contribution in [0.25, 0.3) is 0 Å². The average Bonchev–Trinajstić information content (AvgIpc) is 2.37. The van der Waals surface area contributed by atoms with Crippen LogP contribution in [0.4, 0.5) is 0 Å². The highest BCUT2D eigenvalue weighted by Gasteiger charge is 2.25. The fraction of sp³-hybridized carbons (Fsp3) is 0.867. The number of carbonyl (C=O) groups is 2. The van der Waals surface area contributed by atoms with Crippen molar-refractivity contribution in [1.82, 2.24) is 5.32 Å². The third-order valence-electron chi connectivity index (χ3n) is 3.70. The molecule has 0 spiro atoms. The molecule has 0 aliphatic heterocycles. The zero-order valence-corrected chi connectivity index (χ0v) is 14.5. The first-order valence-corrected chi connectivity index (χ1v) is 8.83. The number of hydrogen-bond donors (Lipinski definition) is 3. The minimum Gasteiger partial charge on any atom is -0.480 e. The lowest BCUT2D eigenvalue weighted by atomic mass is 9.76. The fourth-order valence-electron chi connectivity index (χ4n) is 2.28. The Morgan fingerprint density at radius 3 is 2.29 bits per heavy atom. The molecule has 0 aliphatic carbocycles. The van der Waals surface area contributed by atoms with Crippen LogP contribution in [0.1, 0.15) is 46.5 Å². The molecule has 21 heavy (non-hydrogen) atoms. The summed E-state index contributed by atoms with van der Waals surface area (Å²) in [7, 11) is 0. The smallest absolute Gasteiger partial charge is 0.326 e. The van der Waals surface area contributed by atoms with Crippen LogP contribution in [0.15, 0.2) is 0 Å². The second kappa shape index (κ2) is 10.1. The highest BCUT2D eigenvalue weighted by Crippen LogP contribution is 2.32. The van der Waals surface area contributed by atoms with Gasteiger partial charge in [-0.25, -0.2) is 4.79 Å². The molecule has 0 heterocycles. The number of thioether (sulfide) groups is 1. The van der Waals surface area contributed by atoms with Crippen LogP contribution >= 0.6 is 11.8 Å². The number of hydrogen-bond acceptors (Lipinski definition) is 4. The SMILES string of the molecule is CSCC[C@@H](NC(=O)CCC(CCN)C(C)(C)C)C(=O)O. The molecule has 0 rings (SSSR count). The van der Waals surface area contributed by atoms with Crippen molar-refractivity contribution in [3.05, 3.63) is 0 Å². The van der Waals surface area contributed by atoms with E-state index in [1.165, 1.54) is 0 Å². The van der Waals surface area contributed by atoms with Crippen LogP contribution < -0.4 is 11.1 Å². The van der Waals surface area contributed by atoms with Crippen LogP contribution in [0.2, 0.25) is 0 Å². The van der Waals surface area contributed by atoms with Crippen molar-refractivity contribution >= 4 is 23.6 Å². The van der Waals surface area contributed by atoms with Crippen molar-refractivity contribution in [2.45, 2.75) is 52.5 Å². The van der Waals surface area contributed by atoms with E-state index < -0.39 is 12.0 Å². The summed E-state index contributed by atoms with van der Waals surface area (Å²) < 4.78 is 0. The van der Waals surface area contributed by atoms with E-state index in [0.29, 0.717) is 25.3 Å². The third-order valence-corrected chi connectivity index (χ3v) is 4.35. The average molecular weight is 318 g/mol. The number of amides is 1. The molecule has 6 heteroatoms. The first-order chi connectivity index (χ1) is 9.72. The molecular formula is C15H30N2O3S. The van der Waals surface area contributed by atoms with Gasteiger partial charge in [0.25, 0.3) is 0 Å². The van der Waals surface area contributed by atoms with Gasteiger partial charge in [0, 0.05) is 6.42 Å². The molecule has 0 aromatic carbocycles. The van der Waals surface area contributed by atoms with Crippen LogP contribution in [0, 0.1) is 11.3 Å². The van der Waals surface area contributed by atoms with E-state index in [0.717, 1.165) is 18.6 Å². The zero-order valence-electron chi connectivity index (χ0n) is 13.6. The van der Waals surface area contributed by atoms with Crippen molar-refractivity contribution in [3.63, 3.8) is 0 Å². The van der Waals surface area contributed by atoms with Crippen molar-refractivity contribution in [2.75, 3.05) is 18.6 Å². The van der Waals surface area contributed by atoms with Gasteiger partial charge >= 0.3 is 5.97 Å². The lowest BCUT2D eigenvalue weighted by Crippen LogP contribution is -2.41. The molecule has 1 amide bonds. The van der Waals surface area contributed by atoms with E-state index in [1.54, 1.807) is 11.8 Å². The minimum absolute atomic E-state index is 0.102. The van der Waals surface area contributed by atoms with Crippen molar-refractivity contribution in [3.8, 4) is 0 Å². The Kier molecular flexibility index (Phi) is 9.70. The number of carboxylic acids is 1. The predicted molar refractivity (Wildman–Crippen MR) is 88.4 cm³/mol. The van der Waals surface area contributed by atoms with Gasteiger partial charge in [0.1, 0.15) is 6.04 Å². The molecule has 4 N–H and O–H groups in total. The van der Waals surface area contributed by atoms with Crippen LogP contribution in [0.3, 0.4) is 0 Å². The van der Waals surface area contributed by atoms with Crippen molar-refractivity contribution < 1.29 is 14.7 Å². The second-order valence-corrected chi connectivity index (χ2v) is 7.40. The lowest BCUT2D eigenvalue weighted by molar-refractivity contribution is -0.141. The Morgan fingerprint density at radius 1 is 1.24 bits per heavy atom. The number of nitrogens with two attached hydrogens (primary N) is 1. The molecular weight excluding hydrogens is 288 g/mol. The Bertz CT molecular complexity index is 329. The largest absolute Gasteiger partial charge is 0.480 e. The molecule has 0 fully saturated rings. The zero-order chi connectivity index (χ0) is 16.5. The van der Waals surface area contributed by atoms with Crippen molar-refractivity contribution in [1.29, 1.82) is 0 Å². The van der Waals surface area contributed by atoms with Gasteiger partial charge < -0.3 is 16.2 Å². The Balaban J connectivity index is 4.36. The molecule has 5 nitrogen and oxygen atoms in total. The van der Waals surface area contributed by atoms with Crippen LogP contribution in [-0.2, 0) is 9.59 Å². The standard InChI is InChI=1S/C15H30N2O3S/c1-15(2,3)11(7-9-16)5-6-13(18)17-12(14(19)20)8-10-21-4/h11-12H,5-10,16H2,1-4H3,(H,17,18)(H,19,20)/t11?,12-/m1/s1. The Labute approximate surface area is 132 Å². The second-order valence-electron chi connectivity index (χ2n) is 6.42. The van der Waals surface area contributed by atoms with E-state index in [4.69, 9.17) is 10.8 Å². The topological polar surface area (TPSA) is 92.4 Å². The molecule has 0 saturated carbocycles. The molecule has 0 aromatic heterocycles. The summed E-state index contributed by atoms with van der Waals surface area (Å²) >= 11 is 1.57. The predicted octanol–water partition coefficient (Wildman–Crippen LogP) is 2.10. The molecule has 0 aromatic rings. The molecule has 0 saturated heterocycles. The van der Waals surface area contributed by atoms with Crippen LogP contribution in [0.5, 0.6) is 0 Å². The van der Waals surface area contributed by atoms with E-state index in [1.807, 2.05) is 6.26 Å². The first kappa shape index (κ1) is 20.2. The molecule has 0 bridgehead atoms. The fourth-order valence-corrected chi connectivity index (χ4v) is 2.75. The highest BCUT2D eigenvalue weighted by molar-refractivity contribution is 7.98. The summed E-state index contributed by atoms with van der Waals surface area (Å²) in [5.74, 6) is -0.0705. The third kappa shape index (κ3) is 8.98. The summed E-state index contributed by atoms with van der Waals surface area (Å²) in [6.45, 7) is 7.03. The minimum atomic E-state index is -0.966. The summed E-state index contributed by atoms with van der Waals surface area (Å²) in [5, 5.41) is 11.7. The number of nitrogens with one attached hydrogen (secondary N) is 1. The molecule has 1 unspecified atom stereocenters. The van der Waals surface area contributed by atoms with E-state index in [9.17, 15) is 9.59 Å². The van der Waals surface area contributed by atoms with Crippen molar-refractivity contribution in [2.24, 2.45) is 17.1 Å². The van der Waals surface area contributed by atoms with E-state index in [2.05, 4.69) is 26.1 Å². The maximum absolute atomic E-state index is 11.9. The molecule has 0 aliphatic rings. The van der Waals surface area contributed by atoms with Gasteiger partial charge in [-0.15, -0.1) is 0 Å². The number of carbonyl (C=O) groups excluding carboxylic acids is 1. The molecule has 2 atom stereocenters. The van der Waals surface area contributed by atoms with Gasteiger partial charge in [-0.3, -0.25) is 4.79 Å². The normalized spacial score (nSPS) is 14.5. The molecule has 124 valence electrons. The highest BCUT2D eigenvalue weighted by atomic mass is 32.2. The maximum Gasteiger partial charge on any atom is 0.326 e. The lowest BCUT2D eigenvalue weighted by Gasteiger charge is -2.30. The maximum atomic E-state index is 11.9. The van der Waals surface area contributed by atoms with Gasteiger partial charge in [0.2, 0.25) is 5.91 Å². The number of rotatable bonds is 10. The Morgan fingerprint density at radius 2 is 1.86 bits per heavy atom. The summed E-state index contributed by atoms with van der Waals surface area (Å²) in [4.78, 5) is 23.0. The van der Waals surface area contributed by atoms with Crippen LogP contribution in [-0.4, -0.2) is 41.6 Å². The molecule has 0 radical (unpaired) electrons. The van der Waals surface area contributed by atoms with Gasteiger partial charge in [0.15, 0.2) is 0 Å². The summed E-state index contributed by atoms with van der Waals surface area (Å²) in [5.41, 5.74) is 5.73. The quantitative estimate of drug-likeness (QED) is 0.573. The van der Waals surface area contributed by atoms with E-state index >= 15 is 0 Å². The number of carboxylic acid groups (broad SMARTS) is 1. The van der Waals surface area contributed by atoms with Gasteiger partial charge in [-0.1, -0.05) is 20.8 Å². The summed E-state index contributed by atoms with van der Waals surface area (Å²) in [6, 6.07) is -0.785. The van der Waals surface area contributed by atoms with Gasteiger partial charge in [-0.05, 0) is 49.1 Å². The van der Waals surface area contributed by atoms with Gasteiger partial charge in [-0.2, -0.15) is 11.8 Å². The Hall–Kier alpha value is -0.750. The van der Waals surface area contributed by atoms with E-state index in [-0.39, 0.29) is 11.3 Å². The number of aliphatic carboxylic acids is 1. The first-order valence-electron chi connectivity index (χ1n) is 7.43. The van der Waals surface area contributed by atoms with Gasteiger partial charge in [0.05, 0.1) is 0 Å².